The molecule has 0 saturated heterocycles. The zero-order chi connectivity index (χ0) is 13.2. The van der Waals surface area contributed by atoms with Crippen molar-refractivity contribution < 1.29 is 0 Å². The first-order chi connectivity index (χ1) is 8.50. The van der Waals surface area contributed by atoms with Gasteiger partial charge in [0.05, 0.1) is 0 Å². The molecule has 1 aromatic carbocycles. The van der Waals surface area contributed by atoms with E-state index in [1.165, 1.54) is 31.2 Å². The highest BCUT2D eigenvalue weighted by Gasteiger charge is 2.35. The van der Waals surface area contributed by atoms with Crippen molar-refractivity contribution in [2.45, 2.75) is 52.0 Å². The molecule has 2 unspecified atom stereocenters. The lowest BCUT2D eigenvalue weighted by molar-refractivity contribution is 0.112. The Balaban J connectivity index is 2.07. The van der Waals surface area contributed by atoms with Crippen LogP contribution in [0.15, 0.2) is 24.3 Å². The molecule has 0 aromatic heterocycles. The second-order valence-corrected chi connectivity index (χ2v) is 6.71. The molecule has 0 bridgehead atoms. The van der Waals surface area contributed by atoms with Gasteiger partial charge >= 0.3 is 0 Å². The van der Waals surface area contributed by atoms with Crippen molar-refractivity contribution in [1.29, 1.82) is 0 Å². The van der Waals surface area contributed by atoms with Crippen LogP contribution >= 0.6 is 11.6 Å². The summed E-state index contributed by atoms with van der Waals surface area (Å²) in [7, 11) is 0. The Hall–Kier alpha value is -0.530. The Morgan fingerprint density at radius 1 is 1.33 bits per heavy atom. The molecule has 1 nitrogen and oxygen atoms in total. The summed E-state index contributed by atoms with van der Waals surface area (Å²) in [5.74, 6) is 0.613. The first kappa shape index (κ1) is 13.9. The predicted molar refractivity (Wildman–Crippen MR) is 78.9 cm³/mol. The van der Waals surface area contributed by atoms with Crippen LogP contribution in [0.5, 0.6) is 0 Å². The molecule has 1 fully saturated rings. The van der Waals surface area contributed by atoms with E-state index in [1.54, 1.807) is 0 Å². The van der Waals surface area contributed by atoms with E-state index >= 15 is 0 Å². The van der Waals surface area contributed by atoms with Crippen molar-refractivity contribution in [3.8, 4) is 0 Å². The van der Waals surface area contributed by atoms with Crippen LogP contribution in [0.25, 0.3) is 0 Å². The summed E-state index contributed by atoms with van der Waals surface area (Å²) in [6.45, 7) is 4.73. The van der Waals surface area contributed by atoms with Crippen LogP contribution in [0.1, 0.15) is 45.1 Å². The van der Waals surface area contributed by atoms with Gasteiger partial charge in [-0.25, -0.2) is 0 Å². The fourth-order valence-corrected chi connectivity index (χ4v) is 3.59. The van der Waals surface area contributed by atoms with Gasteiger partial charge in [-0.15, -0.1) is 0 Å². The van der Waals surface area contributed by atoms with Gasteiger partial charge in [-0.05, 0) is 42.2 Å². The van der Waals surface area contributed by atoms with Gasteiger partial charge in [-0.2, -0.15) is 0 Å². The molecule has 2 rings (SSSR count). The third-order valence-corrected chi connectivity index (χ3v) is 4.89. The summed E-state index contributed by atoms with van der Waals surface area (Å²) in [5, 5.41) is 0.849. The molecule has 0 amide bonds. The second-order valence-electron chi connectivity index (χ2n) is 6.30. The summed E-state index contributed by atoms with van der Waals surface area (Å²) in [5.41, 5.74) is 8.03. The third kappa shape index (κ3) is 3.07. The van der Waals surface area contributed by atoms with Crippen molar-refractivity contribution in [2.75, 3.05) is 0 Å². The van der Waals surface area contributed by atoms with Crippen molar-refractivity contribution in [1.82, 2.24) is 0 Å². The quantitative estimate of drug-likeness (QED) is 0.860. The molecule has 1 aliphatic rings. The van der Waals surface area contributed by atoms with Crippen LogP contribution in [0.2, 0.25) is 5.02 Å². The predicted octanol–water partition coefficient (Wildman–Crippen LogP) is 4.43. The van der Waals surface area contributed by atoms with Gasteiger partial charge in [0.25, 0.3) is 0 Å². The molecule has 2 atom stereocenters. The number of nitrogens with two attached hydrogens (primary N) is 1. The zero-order valence-corrected chi connectivity index (χ0v) is 12.2. The fourth-order valence-electron chi connectivity index (χ4n) is 3.37. The maximum atomic E-state index is 6.47. The van der Waals surface area contributed by atoms with Gasteiger partial charge in [0.1, 0.15) is 0 Å². The van der Waals surface area contributed by atoms with E-state index in [-0.39, 0.29) is 6.04 Å². The Kier molecular flexibility index (Phi) is 4.34. The Bertz CT molecular complexity index is 400. The van der Waals surface area contributed by atoms with E-state index in [4.69, 9.17) is 17.3 Å². The van der Waals surface area contributed by atoms with E-state index in [1.807, 2.05) is 18.2 Å². The normalized spacial score (nSPS) is 24.8. The molecule has 2 N–H and O–H groups in total. The first-order valence-electron chi connectivity index (χ1n) is 7.00. The topological polar surface area (TPSA) is 26.0 Å². The maximum absolute atomic E-state index is 6.47. The summed E-state index contributed by atoms with van der Waals surface area (Å²) >= 11 is 6.22. The number of halogens is 1. The molecule has 0 radical (unpaired) electrons. The second kappa shape index (κ2) is 5.63. The highest BCUT2D eigenvalue weighted by Crippen LogP contribution is 2.42. The standard InChI is InChI=1S/C16H24ClN/c1-16(2)10-6-5-8-13(16)15(18)11-12-7-3-4-9-14(12)17/h3-4,7,9,13,15H,5-6,8,10-11,18H2,1-2H3. The van der Waals surface area contributed by atoms with E-state index in [2.05, 4.69) is 19.9 Å². The van der Waals surface area contributed by atoms with Crippen LogP contribution in [-0.2, 0) is 6.42 Å². The number of hydrogen-bond acceptors (Lipinski definition) is 1. The van der Waals surface area contributed by atoms with Gasteiger partial charge in [-0.1, -0.05) is 56.5 Å². The van der Waals surface area contributed by atoms with Crippen molar-refractivity contribution >= 4 is 11.6 Å². The molecular formula is C16H24ClN. The molecular weight excluding hydrogens is 242 g/mol. The number of benzene rings is 1. The highest BCUT2D eigenvalue weighted by atomic mass is 35.5. The minimum Gasteiger partial charge on any atom is -0.327 e. The van der Waals surface area contributed by atoms with E-state index < -0.39 is 0 Å². The Labute approximate surface area is 116 Å². The Morgan fingerprint density at radius 3 is 2.72 bits per heavy atom. The molecule has 18 heavy (non-hydrogen) atoms. The molecule has 0 aliphatic heterocycles. The van der Waals surface area contributed by atoms with Crippen molar-refractivity contribution in [3.63, 3.8) is 0 Å². The molecule has 1 aromatic rings. The minimum absolute atomic E-state index is 0.222. The summed E-state index contributed by atoms with van der Waals surface area (Å²) in [6.07, 6.45) is 6.13. The van der Waals surface area contributed by atoms with E-state index in [9.17, 15) is 0 Å². The summed E-state index contributed by atoms with van der Waals surface area (Å²) in [4.78, 5) is 0. The lowest BCUT2D eigenvalue weighted by Crippen LogP contribution is -2.43. The van der Waals surface area contributed by atoms with Gasteiger partial charge in [0.15, 0.2) is 0 Å². The van der Waals surface area contributed by atoms with Crippen LogP contribution in [0, 0.1) is 11.3 Å². The SMILES string of the molecule is CC1(C)CCCCC1C(N)Cc1ccccc1Cl. The monoisotopic (exact) mass is 265 g/mol. The molecule has 100 valence electrons. The van der Waals surface area contributed by atoms with Crippen LogP contribution in [0.4, 0.5) is 0 Å². The van der Waals surface area contributed by atoms with Crippen LogP contribution < -0.4 is 5.73 Å². The first-order valence-corrected chi connectivity index (χ1v) is 7.37. The smallest absolute Gasteiger partial charge is 0.0438 e. The molecule has 1 aliphatic carbocycles. The van der Waals surface area contributed by atoms with Gasteiger partial charge in [0, 0.05) is 11.1 Å². The lowest BCUT2D eigenvalue weighted by atomic mass is 9.65. The number of hydrogen-bond donors (Lipinski definition) is 1. The Morgan fingerprint density at radius 2 is 2.06 bits per heavy atom. The zero-order valence-electron chi connectivity index (χ0n) is 11.5. The average molecular weight is 266 g/mol. The molecule has 2 heteroatoms. The van der Waals surface area contributed by atoms with Crippen LogP contribution in [0.3, 0.4) is 0 Å². The highest BCUT2D eigenvalue weighted by molar-refractivity contribution is 6.31. The maximum Gasteiger partial charge on any atom is 0.0438 e. The van der Waals surface area contributed by atoms with Gasteiger partial charge < -0.3 is 5.73 Å². The van der Waals surface area contributed by atoms with E-state index in [0.29, 0.717) is 11.3 Å². The minimum atomic E-state index is 0.222. The van der Waals surface area contributed by atoms with E-state index in [0.717, 1.165) is 11.4 Å². The number of rotatable bonds is 3. The summed E-state index contributed by atoms with van der Waals surface area (Å²) in [6, 6.07) is 8.29. The third-order valence-electron chi connectivity index (χ3n) is 4.52. The van der Waals surface area contributed by atoms with Crippen molar-refractivity contribution in [3.05, 3.63) is 34.9 Å². The largest absolute Gasteiger partial charge is 0.327 e. The fraction of sp³-hybridized carbons (Fsp3) is 0.625. The molecule has 1 saturated carbocycles. The summed E-state index contributed by atoms with van der Waals surface area (Å²) < 4.78 is 0. The average Bonchev–Trinajstić information content (AvgIpc) is 2.31. The van der Waals surface area contributed by atoms with Gasteiger partial charge in [0.2, 0.25) is 0 Å². The van der Waals surface area contributed by atoms with Gasteiger partial charge in [-0.3, -0.25) is 0 Å². The van der Waals surface area contributed by atoms with Crippen molar-refractivity contribution in [2.24, 2.45) is 17.1 Å². The molecule has 0 heterocycles. The lowest BCUT2D eigenvalue weighted by Gasteiger charge is -2.42. The van der Waals surface area contributed by atoms with Crippen LogP contribution in [-0.4, -0.2) is 6.04 Å². The molecule has 0 spiro atoms.